The molecule has 2 aromatic carbocycles. The number of hydrogen-bond donors (Lipinski definition) is 4. The molecule has 1 aromatic heterocycles. The number of aliphatic hydroxyl groups excluding tert-OH is 1. The van der Waals surface area contributed by atoms with Crippen LogP contribution < -0.4 is 21.6 Å². The minimum Gasteiger partial charge on any atom is -0.491 e. The Labute approximate surface area is 188 Å². The van der Waals surface area contributed by atoms with E-state index >= 15 is 0 Å². The molecule has 1 unspecified atom stereocenters. The molecule has 1 aliphatic rings. The number of nitrogens with zero attached hydrogens (tertiary/aromatic N) is 3. The maximum absolute atomic E-state index is 8.94. The summed E-state index contributed by atoms with van der Waals surface area (Å²) in [6, 6.07) is 14.2. The Morgan fingerprint density at radius 2 is 2.00 bits per heavy atom. The summed E-state index contributed by atoms with van der Waals surface area (Å²) in [4.78, 5) is 0. The van der Waals surface area contributed by atoms with Crippen molar-refractivity contribution >= 4 is 11.4 Å². The number of hydrogen-bond acceptors (Lipinski definition) is 7. The Hall–Kier alpha value is -3.49. The summed E-state index contributed by atoms with van der Waals surface area (Å²) in [6.45, 7) is 2.81. The molecule has 0 saturated heterocycles. The Morgan fingerprint density at radius 1 is 1.22 bits per heavy atom. The van der Waals surface area contributed by atoms with Gasteiger partial charge in [0.25, 0.3) is 0 Å². The molecule has 4 rings (SSSR count). The van der Waals surface area contributed by atoms with Gasteiger partial charge in [-0.05, 0) is 54.8 Å². The first-order valence-electron chi connectivity index (χ1n) is 10.7. The average Bonchev–Trinajstić information content (AvgIpc) is 3.16. The Bertz CT molecular complexity index is 1100. The van der Waals surface area contributed by atoms with Crippen LogP contribution >= 0.6 is 0 Å². The highest BCUT2D eigenvalue weighted by Gasteiger charge is 2.26. The highest BCUT2D eigenvalue weighted by Crippen LogP contribution is 2.37. The van der Waals surface area contributed by atoms with E-state index in [9.17, 15) is 0 Å². The number of fused-ring (bicyclic) bond motifs is 1. The monoisotopic (exact) mass is 434 g/mol. The second kappa shape index (κ2) is 9.33. The first-order valence-corrected chi connectivity index (χ1v) is 10.7. The smallest absolute Gasteiger partial charge is 0.119 e. The van der Waals surface area contributed by atoms with Crippen molar-refractivity contribution in [2.75, 3.05) is 25.1 Å². The number of aryl methyl sites for hydroxylation is 1. The van der Waals surface area contributed by atoms with Crippen LogP contribution in [0.25, 0.3) is 16.8 Å². The van der Waals surface area contributed by atoms with Gasteiger partial charge in [-0.1, -0.05) is 12.1 Å². The zero-order valence-electron chi connectivity index (χ0n) is 18.5. The number of anilines is 1. The lowest BCUT2D eigenvalue weighted by Gasteiger charge is -2.22. The van der Waals surface area contributed by atoms with Gasteiger partial charge in [0.05, 0.1) is 24.5 Å². The highest BCUT2D eigenvalue weighted by atomic mass is 16.5. The Balaban J connectivity index is 1.71. The molecule has 0 fully saturated rings. The first-order chi connectivity index (χ1) is 15.5. The molecule has 0 radical (unpaired) electrons. The molecule has 168 valence electrons. The van der Waals surface area contributed by atoms with Crippen LogP contribution in [0.1, 0.15) is 30.5 Å². The average molecular weight is 435 g/mol. The molecule has 0 amide bonds. The number of allylic oxidation sites excluding steroid dienone is 1. The maximum atomic E-state index is 8.94. The van der Waals surface area contributed by atoms with Crippen LogP contribution in [0, 0.1) is 0 Å². The predicted octanol–water partition coefficient (Wildman–Crippen LogP) is 2.84. The van der Waals surface area contributed by atoms with Crippen molar-refractivity contribution in [2.24, 2.45) is 18.6 Å². The van der Waals surface area contributed by atoms with Crippen LogP contribution in [-0.4, -0.2) is 39.7 Å². The molecule has 1 atom stereocenters. The largest absolute Gasteiger partial charge is 0.491 e. The molecule has 0 bridgehead atoms. The van der Waals surface area contributed by atoms with E-state index in [1.54, 1.807) is 9.69 Å². The van der Waals surface area contributed by atoms with Gasteiger partial charge < -0.3 is 25.9 Å². The summed E-state index contributed by atoms with van der Waals surface area (Å²) in [5, 5.41) is 18.6. The fourth-order valence-electron chi connectivity index (χ4n) is 4.11. The third kappa shape index (κ3) is 4.56. The summed E-state index contributed by atoms with van der Waals surface area (Å²) in [5.41, 5.74) is 13.1. The molecule has 0 aliphatic carbocycles. The summed E-state index contributed by atoms with van der Waals surface area (Å²) in [7, 11) is 1.91. The normalized spacial score (nSPS) is 17.5. The lowest BCUT2D eigenvalue weighted by atomic mass is 9.93. The van der Waals surface area contributed by atoms with Crippen molar-refractivity contribution in [3.05, 3.63) is 71.7 Å². The van der Waals surface area contributed by atoms with E-state index in [2.05, 4.69) is 28.6 Å². The van der Waals surface area contributed by atoms with E-state index in [4.69, 9.17) is 21.4 Å². The van der Waals surface area contributed by atoms with Gasteiger partial charge >= 0.3 is 0 Å². The van der Waals surface area contributed by atoms with Gasteiger partial charge in [0, 0.05) is 42.3 Å². The number of ether oxygens (including phenoxy) is 1. The van der Waals surface area contributed by atoms with Crippen molar-refractivity contribution in [1.82, 2.24) is 14.8 Å². The van der Waals surface area contributed by atoms with Gasteiger partial charge in [0.2, 0.25) is 0 Å². The summed E-state index contributed by atoms with van der Waals surface area (Å²) in [6.07, 6.45) is 4.68. The van der Waals surface area contributed by atoms with Crippen LogP contribution in [0.2, 0.25) is 0 Å². The molecule has 8 heteroatoms. The fraction of sp³-hybridized carbons (Fsp3) is 0.292. The predicted molar refractivity (Wildman–Crippen MR) is 126 cm³/mol. The van der Waals surface area contributed by atoms with Gasteiger partial charge in [-0.25, -0.2) is 5.84 Å². The van der Waals surface area contributed by atoms with Crippen LogP contribution in [0.15, 0.2) is 60.6 Å². The van der Waals surface area contributed by atoms with Gasteiger partial charge in [0.15, 0.2) is 0 Å². The molecule has 2 heterocycles. The third-order valence-electron chi connectivity index (χ3n) is 5.59. The topological polar surface area (TPSA) is 115 Å². The van der Waals surface area contributed by atoms with Crippen molar-refractivity contribution < 1.29 is 9.84 Å². The maximum Gasteiger partial charge on any atom is 0.119 e. The lowest BCUT2D eigenvalue weighted by molar-refractivity contribution is 0.201. The van der Waals surface area contributed by atoms with E-state index in [-0.39, 0.29) is 19.3 Å². The quantitative estimate of drug-likeness (QED) is 0.441. The number of nitrogens with one attached hydrogen (secondary N) is 1. The minimum atomic E-state index is -0.00980. The molecule has 1 aliphatic heterocycles. The van der Waals surface area contributed by atoms with E-state index in [0.29, 0.717) is 12.2 Å². The third-order valence-corrected chi connectivity index (χ3v) is 5.59. The van der Waals surface area contributed by atoms with Crippen LogP contribution in [0.5, 0.6) is 5.75 Å². The molecular formula is C24H30N6O2. The molecule has 0 spiro atoms. The van der Waals surface area contributed by atoms with E-state index in [0.717, 1.165) is 45.8 Å². The molecule has 0 saturated carbocycles. The van der Waals surface area contributed by atoms with Gasteiger partial charge in [-0.2, -0.15) is 5.10 Å². The number of rotatable bonds is 6. The summed E-state index contributed by atoms with van der Waals surface area (Å²) in [5.74, 6) is 7.11. The molecule has 6 N–H and O–H groups in total. The van der Waals surface area contributed by atoms with E-state index in [1.165, 1.54) is 0 Å². The summed E-state index contributed by atoms with van der Waals surface area (Å²) < 4.78 is 7.27. The van der Waals surface area contributed by atoms with Crippen LogP contribution in [0.3, 0.4) is 0 Å². The standard InChI is InChI=1S/C24H30N6O2/c1-16(25)24-21-8-3-17(18-14-27-29(2)15-18)13-22(21)23(9-10-30(24)26)28-19-4-6-20(7-5-19)32-12-11-31/h3-8,13-15,23,28,31H,9-12,25-26H2,1-2H3/b24-16-. The highest BCUT2D eigenvalue weighted by molar-refractivity contribution is 5.75. The van der Waals surface area contributed by atoms with E-state index in [1.807, 2.05) is 50.6 Å². The van der Waals surface area contributed by atoms with Gasteiger partial charge in [-0.15, -0.1) is 0 Å². The zero-order chi connectivity index (χ0) is 22.7. The Morgan fingerprint density at radius 3 is 2.66 bits per heavy atom. The number of aliphatic hydroxyl groups is 1. The number of nitrogens with two attached hydrogens (primary N) is 2. The second-order valence-electron chi connectivity index (χ2n) is 8.01. The van der Waals surface area contributed by atoms with Crippen molar-refractivity contribution in [3.63, 3.8) is 0 Å². The fourth-order valence-corrected chi connectivity index (χ4v) is 4.11. The van der Waals surface area contributed by atoms with Crippen LogP contribution in [-0.2, 0) is 7.05 Å². The van der Waals surface area contributed by atoms with Crippen molar-refractivity contribution in [3.8, 4) is 16.9 Å². The zero-order valence-corrected chi connectivity index (χ0v) is 18.5. The molecule has 32 heavy (non-hydrogen) atoms. The number of aromatic nitrogens is 2. The van der Waals surface area contributed by atoms with Crippen LogP contribution in [0.4, 0.5) is 5.69 Å². The molecule has 3 aromatic rings. The lowest BCUT2D eigenvalue weighted by Crippen LogP contribution is -2.31. The first kappa shape index (κ1) is 21.7. The van der Waals surface area contributed by atoms with E-state index < -0.39 is 0 Å². The van der Waals surface area contributed by atoms with Gasteiger partial charge in [-0.3, -0.25) is 4.68 Å². The molecular weight excluding hydrogens is 404 g/mol. The minimum absolute atomic E-state index is 0.00980. The SMILES string of the molecule is C/C(N)=C1\c2ccc(-c3cnn(C)c3)cc2C(Nc2ccc(OCCO)cc2)CCN1N. The summed E-state index contributed by atoms with van der Waals surface area (Å²) >= 11 is 0. The van der Waals surface area contributed by atoms with Crippen molar-refractivity contribution in [2.45, 2.75) is 19.4 Å². The van der Waals surface area contributed by atoms with Crippen molar-refractivity contribution in [1.29, 1.82) is 0 Å². The molecule has 8 nitrogen and oxygen atoms in total. The Kier molecular flexibility index (Phi) is 6.34. The number of hydrazine groups is 1. The number of benzene rings is 2. The second-order valence-corrected chi connectivity index (χ2v) is 8.01. The van der Waals surface area contributed by atoms with Gasteiger partial charge in [0.1, 0.15) is 12.4 Å².